The summed E-state index contributed by atoms with van der Waals surface area (Å²) in [5.41, 5.74) is 0. The van der Waals surface area contributed by atoms with Crippen molar-refractivity contribution in [3.63, 3.8) is 0 Å². The molecule has 2 aliphatic rings. The number of hydrogen-bond donors (Lipinski definition) is 0. The zero-order chi connectivity index (χ0) is 14.9. The molecule has 2 atom stereocenters. The van der Waals surface area contributed by atoms with Gasteiger partial charge in [0.2, 0.25) is 0 Å². The lowest BCUT2D eigenvalue weighted by atomic mass is 9.67. The van der Waals surface area contributed by atoms with Crippen molar-refractivity contribution in [2.45, 2.75) is 110 Å². The fourth-order valence-corrected chi connectivity index (χ4v) is 5.15. The molecule has 0 nitrogen and oxygen atoms in total. The van der Waals surface area contributed by atoms with Crippen LogP contribution in [0.3, 0.4) is 0 Å². The van der Waals surface area contributed by atoms with Crippen LogP contribution in [0, 0.1) is 23.7 Å². The first kappa shape index (κ1) is 17.4. The third-order valence-corrected chi connectivity index (χ3v) is 6.56. The summed E-state index contributed by atoms with van der Waals surface area (Å²) in [6.07, 6.45) is 22.8. The Labute approximate surface area is 134 Å². The fourth-order valence-electron chi connectivity index (χ4n) is 5.15. The molecule has 0 radical (unpaired) electrons. The molecule has 2 aliphatic carbocycles. The van der Waals surface area contributed by atoms with E-state index < -0.39 is 0 Å². The summed E-state index contributed by atoms with van der Waals surface area (Å²) >= 11 is 0. The van der Waals surface area contributed by atoms with Gasteiger partial charge in [0.15, 0.2) is 0 Å². The lowest BCUT2D eigenvalue weighted by Gasteiger charge is -2.38. The van der Waals surface area contributed by atoms with Gasteiger partial charge in [0, 0.05) is 0 Å². The van der Waals surface area contributed by atoms with E-state index in [1.54, 1.807) is 44.9 Å². The van der Waals surface area contributed by atoms with Crippen molar-refractivity contribution in [1.29, 1.82) is 0 Å². The van der Waals surface area contributed by atoms with Crippen molar-refractivity contribution in [2.24, 2.45) is 23.7 Å². The highest BCUT2D eigenvalue weighted by Crippen LogP contribution is 2.43. The Morgan fingerprint density at radius 3 is 2.05 bits per heavy atom. The first-order chi connectivity index (χ1) is 10.3. The predicted octanol–water partition coefficient (Wildman–Crippen LogP) is 7.37. The lowest BCUT2D eigenvalue weighted by Crippen LogP contribution is -2.26. The maximum atomic E-state index is 2.34. The summed E-state index contributed by atoms with van der Waals surface area (Å²) in [5, 5.41) is 0. The summed E-state index contributed by atoms with van der Waals surface area (Å²) in [5.74, 6) is 4.40. The molecule has 21 heavy (non-hydrogen) atoms. The molecule has 2 rings (SSSR count). The summed E-state index contributed by atoms with van der Waals surface area (Å²) in [4.78, 5) is 0. The molecule has 0 heterocycles. The molecule has 2 saturated carbocycles. The van der Waals surface area contributed by atoms with Crippen LogP contribution in [0.1, 0.15) is 110 Å². The average molecular weight is 293 g/mol. The van der Waals surface area contributed by atoms with Crippen molar-refractivity contribution in [3.05, 3.63) is 0 Å². The molecule has 0 unspecified atom stereocenters. The van der Waals surface area contributed by atoms with Crippen LogP contribution in [-0.4, -0.2) is 0 Å². The van der Waals surface area contributed by atoms with E-state index in [1.165, 1.54) is 51.4 Å². The number of hydrogen-bond acceptors (Lipinski definition) is 0. The Kier molecular flexibility index (Phi) is 8.19. The molecular formula is C21H40. The Morgan fingerprint density at radius 1 is 0.619 bits per heavy atom. The second-order valence-corrected chi connectivity index (χ2v) is 8.21. The molecule has 0 aromatic carbocycles. The topological polar surface area (TPSA) is 0 Å². The largest absolute Gasteiger partial charge is 0.0654 e. The maximum absolute atomic E-state index is 2.34. The van der Waals surface area contributed by atoms with Crippen LogP contribution >= 0.6 is 0 Å². The molecule has 0 aromatic rings. The third kappa shape index (κ3) is 5.95. The van der Waals surface area contributed by atoms with E-state index in [-0.39, 0.29) is 0 Å². The standard InChI is InChI=1S/C21H40/c1-3-5-7-10-19-11-8-12-21(17-19)20-15-13-18(14-16-20)9-6-4-2/h18-21H,3-17H2,1-2H3/t18-,19-,20+,21-/m1/s1. The lowest BCUT2D eigenvalue weighted by molar-refractivity contribution is 0.132. The van der Waals surface area contributed by atoms with E-state index in [0.717, 1.165) is 23.7 Å². The normalized spacial score (nSPS) is 34.0. The van der Waals surface area contributed by atoms with Gasteiger partial charge in [0.25, 0.3) is 0 Å². The zero-order valence-electron chi connectivity index (χ0n) is 14.9. The van der Waals surface area contributed by atoms with Crippen molar-refractivity contribution in [2.75, 3.05) is 0 Å². The molecular weight excluding hydrogens is 252 g/mol. The van der Waals surface area contributed by atoms with Gasteiger partial charge in [-0.1, -0.05) is 90.9 Å². The molecule has 0 bridgehead atoms. The number of unbranched alkanes of at least 4 members (excludes halogenated alkanes) is 3. The minimum absolute atomic E-state index is 1.09. The van der Waals surface area contributed by atoms with E-state index in [4.69, 9.17) is 0 Å². The molecule has 0 heteroatoms. The minimum Gasteiger partial charge on any atom is -0.0654 e. The molecule has 2 fully saturated rings. The Bertz CT molecular complexity index is 249. The van der Waals surface area contributed by atoms with Crippen LogP contribution in [0.2, 0.25) is 0 Å². The maximum Gasteiger partial charge on any atom is -0.0383 e. The van der Waals surface area contributed by atoms with Crippen LogP contribution in [-0.2, 0) is 0 Å². The predicted molar refractivity (Wildman–Crippen MR) is 94.6 cm³/mol. The summed E-state index contributed by atoms with van der Waals surface area (Å²) < 4.78 is 0. The van der Waals surface area contributed by atoms with E-state index in [9.17, 15) is 0 Å². The summed E-state index contributed by atoms with van der Waals surface area (Å²) in [6.45, 7) is 4.67. The third-order valence-electron chi connectivity index (χ3n) is 6.56. The van der Waals surface area contributed by atoms with Crippen LogP contribution in [0.15, 0.2) is 0 Å². The van der Waals surface area contributed by atoms with Gasteiger partial charge in [-0.2, -0.15) is 0 Å². The van der Waals surface area contributed by atoms with Crippen molar-refractivity contribution < 1.29 is 0 Å². The minimum atomic E-state index is 1.09. The van der Waals surface area contributed by atoms with Gasteiger partial charge in [-0.25, -0.2) is 0 Å². The van der Waals surface area contributed by atoms with E-state index >= 15 is 0 Å². The number of rotatable bonds is 8. The second kappa shape index (κ2) is 9.90. The summed E-state index contributed by atoms with van der Waals surface area (Å²) in [7, 11) is 0. The van der Waals surface area contributed by atoms with Crippen molar-refractivity contribution in [3.8, 4) is 0 Å². The SMILES string of the molecule is CCCCC[C@@H]1CCC[C@@H]([C@H]2CC[C@@H](CCCC)CC2)C1. The first-order valence-electron chi connectivity index (χ1n) is 10.3. The smallest absolute Gasteiger partial charge is 0.0383 e. The summed E-state index contributed by atoms with van der Waals surface area (Å²) in [6, 6.07) is 0. The van der Waals surface area contributed by atoms with Gasteiger partial charge in [-0.15, -0.1) is 0 Å². The molecule has 124 valence electrons. The van der Waals surface area contributed by atoms with E-state index in [0.29, 0.717) is 0 Å². The van der Waals surface area contributed by atoms with Crippen LogP contribution in [0.25, 0.3) is 0 Å². The van der Waals surface area contributed by atoms with Gasteiger partial charge in [0.05, 0.1) is 0 Å². The Balaban J connectivity index is 1.67. The Morgan fingerprint density at radius 2 is 1.33 bits per heavy atom. The van der Waals surface area contributed by atoms with Gasteiger partial charge < -0.3 is 0 Å². The molecule has 0 N–H and O–H groups in total. The molecule has 0 amide bonds. The van der Waals surface area contributed by atoms with Crippen molar-refractivity contribution in [1.82, 2.24) is 0 Å². The zero-order valence-corrected chi connectivity index (χ0v) is 14.9. The van der Waals surface area contributed by atoms with Crippen molar-refractivity contribution >= 4 is 0 Å². The molecule has 0 saturated heterocycles. The highest BCUT2D eigenvalue weighted by Gasteiger charge is 2.31. The quantitative estimate of drug-likeness (QED) is 0.410. The van der Waals surface area contributed by atoms with E-state index in [1.807, 2.05) is 0 Å². The molecule has 0 spiro atoms. The molecule has 0 aliphatic heterocycles. The first-order valence-corrected chi connectivity index (χ1v) is 10.3. The van der Waals surface area contributed by atoms with Gasteiger partial charge in [-0.05, 0) is 42.9 Å². The molecule has 0 aromatic heterocycles. The van der Waals surface area contributed by atoms with Crippen LogP contribution < -0.4 is 0 Å². The second-order valence-electron chi connectivity index (χ2n) is 8.21. The fraction of sp³-hybridized carbons (Fsp3) is 1.00. The van der Waals surface area contributed by atoms with E-state index in [2.05, 4.69) is 13.8 Å². The highest BCUT2D eigenvalue weighted by atomic mass is 14.4. The van der Waals surface area contributed by atoms with Gasteiger partial charge in [0.1, 0.15) is 0 Å². The van der Waals surface area contributed by atoms with Crippen LogP contribution in [0.4, 0.5) is 0 Å². The average Bonchev–Trinajstić information content (AvgIpc) is 2.54. The monoisotopic (exact) mass is 292 g/mol. The van der Waals surface area contributed by atoms with Crippen LogP contribution in [0.5, 0.6) is 0 Å². The van der Waals surface area contributed by atoms with Gasteiger partial charge in [-0.3, -0.25) is 0 Å². The highest BCUT2D eigenvalue weighted by molar-refractivity contribution is 4.82. The Hall–Kier alpha value is 0. The van der Waals surface area contributed by atoms with Gasteiger partial charge >= 0.3 is 0 Å².